The van der Waals surface area contributed by atoms with Crippen LogP contribution in [0.1, 0.15) is 138 Å². The van der Waals surface area contributed by atoms with E-state index in [0.717, 1.165) is 44.6 Å². The van der Waals surface area contributed by atoms with Gasteiger partial charge in [-0.2, -0.15) is 0 Å². The number of hydrogen-bond acceptors (Lipinski definition) is 7. The van der Waals surface area contributed by atoms with E-state index in [1.165, 1.54) is 14.0 Å². The van der Waals surface area contributed by atoms with E-state index in [4.69, 9.17) is 14.7 Å². The van der Waals surface area contributed by atoms with E-state index in [1.54, 1.807) is 6.07 Å². The van der Waals surface area contributed by atoms with Gasteiger partial charge in [0.05, 0.1) is 34.9 Å². The second-order valence-electron chi connectivity index (χ2n) is 13.7. The first-order chi connectivity index (χ1) is 21.8. The Balaban J connectivity index is 1.77. The molecule has 8 bridgehead atoms. The highest BCUT2D eigenvalue weighted by Crippen LogP contribution is 2.45. The predicted octanol–water partition coefficient (Wildman–Crippen LogP) is 7.15. The minimum absolute atomic E-state index is 0.0317. The molecule has 0 radical (unpaired) electrons. The van der Waals surface area contributed by atoms with Crippen LogP contribution in [0.3, 0.4) is 0 Å². The van der Waals surface area contributed by atoms with Crippen LogP contribution in [0.5, 0.6) is 0 Å². The Labute approximate surface area is 268 Å². The molecule has 1 aliphatic carbocycles. The summed E-state index contributed by atoms with van der Waals surface area (Å²) in [5.74, 6) is -0.439. The van der Waals surface area contributed by atoms with E-state index >= 15 is 0 Å². The van der Waals surface area contributed by atoms with Crippen LogP contribution >= 0.6 is 0 Å². The minimum atomic E-state index is -0.883. The molecule has 1 unspecified atom stereocenters. The van der Waals surface area contributed by atoms with Gasteiger partial charge in [0.15, 0.2) is 17.3 Å². The summed E-state index contributed by atoms with van der Waals surface area (Å²) >= 11 is 0. The summed E-state index contributed by atoms with van der Waals surface area (Å²) in [6.07, 6.45) is 2.18. The van der Waals surface area contributed by atoms with Crippen molar-refractivity contribution >= 4 is 45.4 Å². The number of aromatic amines is 2. The van der Waals surface area contributed by atoms with Crippen molar-refractivity contribution in [2.45, 2.75) is 97.8 Å². The smallest absolute Gasteiger partial charge is 0.305 e. The van der Waals surface area contributed by atoms with Gasteiger partial charge < -0.3 is 14.7 Å². The molecule has 0 saturated carbocycles. The molecule has 0 amide bonds. The van der Waals surface area contributed by atoms with Crippen LogP contribution in [-0.2, 0) is 27.8 Å². The molecular weight excluding hydrogens is 580 g/mol. The van der Waals surface area contributed by atoms with Crippen LogP contribution in [0, 0.1) is 12.8 Å². The number of aromatic nitrogens is 4. The van der Waals surface area contributed by atoms with E-state index < -0.39 is 5.41 Å². The normalized spacial score (nSPS) is 20.5. The quantitative estimate of drug-likeness (QED) is 0.211. The third-order valence-corrected chi connectivity index (χ3v) is 10.2. The standard InChI is InChI=1S/C37H42N4O5/c1-9-21-26-15-30-37(7,16-17(2)3)36(45)28(39-30)14-27-32(20(6)42)19(5)25(38-27)13-24-18(4)22(10-11-31(44)46-8)34(40-24)23-12-29(43)33(21)35(23)41-26/h13-15,17-18,22,38,41H,9-12,16H2,1-8H3/t18-,22-,37?/m0/s1. The molecule has 3 atom stereocenters. The minimum Gasteiger partial charge on any atom is -0.469 e. The van der Waals surface area contributed by atoms with Crippen molar-refractivity contribution in [1.29, 1.82) is 0 Å². The van der Waals surface area contributed by atoms with Gasteiger partial charge in [-0.1, -0.05) is 27.7 Å². The Morgan fingerprint density at radius 3 is 2.48 bits per heavy atom. The summed E-state index contributed by atoms with van der Waals surface area (Å²) in [6, 6.07) is 5.59. The second kappa shape index (κ2) is 11.4. The number of methoxy groups -OCH3 is 1. The molecule has 0 saturated heterocycles. The zero-order chi connectivity index (χ0) is 33.2. The fraction of sp³-hybridized carbons (Fsp3) is 0.459. The zero-order valence-corrected chi connectivity index (χ0v) is 27.9. The topological polar surface area (TPSA) is 135 Å². The number of fused-ring (bicyclic) bond motifs is 8. The van der Waals surface area contributed by atoms with Crippen LogP contribution in [0.2, 0.25) is 0 Å². The first kappa shape index (κ1) is 31.6. The van der Waals surface area contributed by atoms with Crippen molar-refractivity contribution in [3.63, 3.8) is 0 Å². The summed E-state index contributed by atoms with van der Waals surface area (Å²) in [4.78, 5) is 70.2. The van der Waals surface area contributed by atoms with Crippen molar-refractivity contribution in [3.8, 4) is 0 Å². The molecule has 9 heteroatoms. The van der Waals surface area contributed by atoms with Crippen LogP contribution < -0.4 is 0 Å². The largest absolute Gasteiger partial charge is 0.469 e. The third kappa shape index (κ3) is 4.91. The zero-order valence-electron chi connectivity index (χ0n) is 27.9. The molecule has 9 nitrogen and oxygen atoms in total. The van der Waals surface area contributed by atoms with E-state index in [2.05, 4.69) is 30.7 Å². The van der Waals surface area contributed by atoms with Crippen molar-refractivity contribution in [3.05, 3.63) is 68.8 Å². The van der Waals surface area contributed by atoms with Crippen LogP contribution in [0.4, 0.5) is 0 Å². The maximum Gasteiger partial charge on any atom is 0.305 e. The molecule has 2 N–H and O–H groups in total. The summed E-state index contributed by atoms with van der Waals surface area (Å²) in [6.45, 7) is 13.6. The third-order valence-electron chi connectivity index (χ3n) is 10.2. The van der Waals surface area contributed by atoms with Gasteiger partial charge in [0.2, 0.25) is 0 Å². The Morgan fingerprint density at radius 2 is 1.83 bits per heavy atom. The lowest BCUT2D eigenvalue weighted by Crippen LogP contribution is -2.30. The summed E-state index contributed by atoms with van der Waals surface area (Å²) < 4.78 is 4.96. The van der Waals surface area contributed by atoms with Crippen molar-refractivity contribution in [2.75, 3.05) is 7.11 Å². The van der Waals surface area contributed by atoms with E-state index in [-0.39, 0.29) is 53.9 Å². The fourth-order valence-corrected chi connectivity index (χ4v) is 7.89. The second-order valence-corrected chi connectivity index (χ2v) is 13.7. The molecule has 46 heavy (non-hydrogen) atoms. The molecular formula is C37H42N4O5. The Kier molecular flexibility index (Phi) is 7.85. The number of hydrogen-bond donors (Lipinski definition) is 2. The van der Waals surface area contributed by atoms with Crippen molar-refractivity contribution in [1.82, 2.24) is 19.9 Å². The lowest BCUT2D eigenvalue weighted by Gasteiger charge is -2.24. The van der Waals surface area contributed by atoms with E-state index in [1.807, 2.05) is 32.9 Å². The highest BCUT2D eigenvalue weighted by molar-refractivity contribution is 6.13. The molecule has 3 aromatic rings. The summed E-state index contributed by atoms with van der Waals surface area (Å²) in [5.41, 5.74) is 8.11. The van der Waals surface area contributed by atoms with Gasteiger partial charge in [-0.15, -0.1) is 0 Å². The molecule has 5 heterocycles. The predicted molar refractivity (Wildman–Crippen MR) is 177 cm³/mol. The number of nitrogens with zero attached hydrogens (tertiary/aromatic N) is 2. The maximum atomic E-state index is 14.2. The van der Waals surface area contributed by atoms with Crippen LogP contribution in [0.25, 0.3) is 22.1 Å². The highest BCUT2D eigenvalue weighted by atomic mass is 16.5. The first-order valence-corrected chi connectivity index (χ1v) is 16.2. The number of nitrogens with one attached hydrogen (secondary N) is 2. The maximum absolute atomic E-state index is 14.2. The molecule has 0 spiro atoms. The van der Waals surface area contributed by atoms with Gasteiger partial charge in [0.1, 0.15) is 5.69 Å². The monoisotopic (exact) mass is 622 g/mol. The molecule has 2 aliphatic heterocycles. The average molecular weight is 623 g/mol. The highest BCUT2D eigenvalue weighted by Gasteiger charge is 2.43. The number of carbonyl (C=O) groups excluding carboxylic acids is 4. The Bertz CT molecular complexity index is 2000. The average Bonchev–Trinajstić information content (AvgIpc) is 3.74. The molecule has 0 fully saturated rings. The molecule has 3 aliphatic rings. The van der Waals surface area contributed by atoms with Gasteiger partial charge in [0, 0.05) is 58.1 Å². The van der Waals surface area contributed by atoms with E-state index in [9.17, 15) is 19.2 Å². The van der Waals surface area contributed by atoms with Crippen LogP contribution in [0.15, 0.2) is 18.2 Å². The lowest BCUT2D eigenvalue weighted by molar-refractivity contribution is -0.140. The number of esters is 1. The molecule has 6 rings (SSSR count). The van der Waals surface area contributed by atoms with Crippen LogP contribution in [-0.4, -0.2) is 50.4 Å². The summed E-state index contributed by atoms with van der Waals surface area (Å²) in [5, 5.41) is 0. The van der Waals surface area contributed by atoms with Gasteiger partial charge in [-0.05, 0) is 75.3 Å². The Hall–Kier alpha value is -4.40. The number of ether oxygens (including phenoxy) is 1. The number of aryl methyl sites for hydroxylation is 2. The molecule has 3 aromatic heterocycles. The fourth-order valence-electron chi connectivity index (χ4n) is 7.89. The number of carbonyl (C=O) groups is 4. The number of Topliss-reactive ketones (excluding diaryl/α,β-unsaturated/α-hetero) is 3. The lowest BCUT2D eigenvalue weighted by atomic mass is 9.76. The Morgan fingerprint density at radius 1 is 1.09 bits per heavy atom. The van der Waals surface area contributed by atoms with Gasteiger partial charge in [-0.3, -0.25) is 24.2 Å². The number of ketones is 3. The SMILES string of the molecule is CCc1c2c3[nH]c1cc1nc(cc4[nH]c(cc5nc(c3CC2=O)[C@@H](CCC(=O)OC)[C@@H]5C)c(C)c4C(C)=O)C(=O)C1(C)CC(C)C. The molecule has 0 aromatic carbocycles. The number of H-pyrrole nitrogens is 2. The van der Waals surface area contributed by atoms with Gasteiger partial charge in [0.25, 0.3) is 0 Å². The van der Waals surface area contributed by atoms with Gasteiger partial charge >= 0.3 is 5.97 Å². The first-order valence-electron chi connectivity index (χ1n) is 16.2. The van der Waals surface area contributed by atoms with Gasteiger partial charge in [-0.25, -0.2) is 4.98 Å². The summed E-state index contributed by atoms with van der Waals surface area (Å²) in [7, 11) is 1.39. The molecule has 240 valence electrons. The number of rotatable bonds is 7. The van der Waals surface area contributed by atoms with Crippen molar-refractivity contribution in [2.24, 2.45) is 5.92 Å². The van der Waals surface area contributed by atoms with E-state index in [0.29, 0.717) is 47.3 Å². The van der Waals surface area contributed by atoms with Crippen molar-refractivity contribution < 1.29 is 23.9 Å².